The number of nitrogens with zero attached hydrogens (tertiary/aromatic N) is 3. The van der Waals surface area contributed by atoms with Crippen LogP contribution >= 0.6 is 0 Å². The zero-order valence-electron chi connectivity index (χ0n) is 29.0. The van der Waals surface area contributed by atoms with E-state index in [1.807, 2.05) is 36.8 Å². The van der Waals surface area contributed by atoms with Gasteiger partial charge in [-0.1, -0.05) is 10.3 Å². The predicted molar refractivity (Wildman–Crippen MR) is 206 cm³/mol. The third-order valence-corrected chi connectivity index (χ3v) is 8.63. The molecule has 54 heavy (non-hydrogen) atoms. The molecule has 9 aromatic rings. The molecule has 0 amide bonds. The Hall–Kier alpha value is -7.29. The van der Waals surface area contributed by atoms with Crippen LogP contribution in [0.5, 0.6) is 17.2 Å². The average Bonchev–Trinajstić information content (AvgIpc) is 4.04. The Bertz CT molecular complexity index is 2210. The van der Waals surface area contributed by atoms with Crippen molar-refractivity contribution in [2.75, 3.05) is 35.6 Å². The number of aromatic amines is 3. The molecule has 0 spiro atoms. The van der Waals surface area contributed by atoms with E-state index in [2.05, 4.69) is 46.2 Å². The third-order valence-electron chi connectivity index (χ3n) is 8.63. The number of H-pyrrole nitrogens is 3. The van der Waals surface area contributed by atoms with Crippen LogP contribution in [-0.4, -0.2) is 65.2 Å². The second-order valence-corrected chi connectivity index (χ2v) is 12.3. The second kappa shape index (κ2) is 16.8. The third kappa shape index (κ3) is 8.95. The summed E-state index contributed by atoms with van der Waals surface area (Å²) in [6.45, 7) is 2.23. The van der Waals surface area contributed by atoms with Crippen LogP contribution < -0.4 is 16.0 Å². The monoisotopic (exact) mass is 729 g/mol. The van der Waals surface area contributed by atoms with Gasteiger partial charge in [0.1, 0.15) is 29.8 Å². The molecule has 15 nitrogen and oxygen atoms in total. The molecule has 0 fully saturated rings. The number of benzene rings is 3. The molecule has 0 radical (unpaired) electrons. The number of aromatic hydroxyl groups is 3. The minimum Gasteiger partial charge on any atom is -0.508 e. The van der Waals surface area contributed by atoms with Crippen LogP contribution in [0.1, 0.15) is 16.7 Å². The van der Waals surface area contributed by atoms with Crippen molar-refractivity contribution >= 4 is 50.4 Å². The Morgan fingerprint density at radius 3 is 1.57 bits per heavy atom. The van der Waals surface area contributed by atoms with E-state index in [0.29, 0.717) is 11.9 Å². The Morgan fingerprint density at radius 1 is 0.574 bits per heavy atom. The van der Waals surface area contributed by atoms with E-state index in [9.17, 15) is 15.3 Å². The minimum absolute atomic E-state index is 0.281. The smallest absolute Gasteiger partial charge is 0.294 e. The molecule has 9 N–H and O–H groups in total. The molecular weight excluding hydrogens is 690 g/mol. The summed E-state index contributed by atoms with van der Waals surface area (Å²) >= 11 is 0. The van der Waals surface area contributed by atoms with Crippen LogP contribution in [0.15, 0.2) is 124 Å². The Kier molecular flexibility index (Phi) is 10.9. The number of phenolic OH excluding ortho intramolecular Hbond substituents is 3. The van der Waals surface area contributed by atoms with Gasteiger partial charge in [0.05, 0.1) is 12.4 Å². The summed E-state index contributed by atoms with van der Waals surface area (Å²) in [6.07, 6.45) is 14.7. The largest absolute Gasteiger partial charge is 0.508 e. The highest BCUT2D eigenvalue weighted by molar-refractivity contribution is 5.86. The lowest BCUT2D eigenvalue weighted by Gasteiger charge is -2.01. The summed E-state index contributed by atoms with van der Waals surface area (Å²) in [5.74, 6) is 2.25. The zero-order valence-corrected chi connectivity index (χ0v) is 29.0. The molecule has 15 heteroatoms. The van der Waals surface area contributed by atoms with E-state index >= 15 is 0 Å². The van der Waals surface area contributed by atoms with Crippen LogP contribution in [-0.2, 0) is 19.3 Å². The van der Waals surface area contributed by atoms with Gasteiger partial charge in [-0.15, -0.1) is 0 Å². The molecule has 276 valence electrons. The predicted octanol–water partition coefficient (Wildman–Crippen LogP) is 7.55. The first-order valence-electron chi connectivity index (χ1n) is 17.3. The van der Waals surface area contributed by atoms with Gasteiger partial charge in [-0.05, 0) is 90.6 Å². The topological polar surface area (TPSA) is 222 Å². The molecule has 3 aromatic carbocycles. The number of rotatable bonds is 12. The van der Waals surface area contributed by atoms with Crippen molar-refractivity contribution in [3.05, 3.63) is 127 Å². The van der Waals surface area contributed by atoms with Crippen molar-refractivity contribution in [3.8, 4) is 17.2 Å². The van der Waals surface area contributed by atoms with Gasteiger partial charge in [-0.2, -0.15) is 0 Å². The maximum atomic E-state index is 9.50. The van der Waals surface area contributed by atoms with Crippen LogP contribution in [0, 0.1) is 0 Å². The van der Waals surface area contributed by atoms with Crippen molar-refractivity contribution in [1.29, 1.82) is 0 Å². The normalized spacial score (nSPS) is 10.9. The SMILES string of the molecule is Oc1ccc2[nH]cc(CCNc3ccno3)c2c1.Oc1ccc2[nH]cc(CCNc3ccon3)c2c1.Oc1ccc2[nH]cc(CCNc3ncco3)c2c1. The number of aromatic nitrogens is 6. The van der Waals surface area contributed by atoms with Crippen LogP contribution in [0.25, 0.3) is 32.7 Å². The fourth-order valence-corrected chi connectivity index (χ4v) is 5.99. The van der Waals surface area contributed by atoms with Gasteiger partial charge in [0.25, 0.3) is 6.01 Å². The molecule has 0 aliphatic rings. The van der Waals surface area contributed by atoms with Gasteiger partial charge in [0, 0.05) is 83.1 Å². The Balaban J connectivity index is 0.000000125. The maximum absolute atomic E-state index is 9.50. The number of phenols is 3. The maximum Gasteiger partial charge on any atom is 0.294 e. The first-order valence-corrected chi connectivity index (χ1v) is 17.3. The summed E-state index contributed by atoms with van der Waals surface area (Å²) < 4.78 is 14.8. The lowest BCUT2D eigenvalue weighted by molar-refractivity contribution is 0.422. The van der Waals surface area contributed by atoms with E-state index in [-0.39, 0.29) is 17.2 Å². The Labute approximate surface area is 308 Å². The van der Waals surface area contributed by atoms with Crippen molar-refractivity contribution in [2.45, 2.75) is 19.3 Å². The van der Waals surface area contributed by atoms with Crippen molar-refractivity contribution in [1.82, 2.24) is 30.2 Å². The van der Waals surface area contributed by atoms with Gasteiger partial charge in [-0.25, -0.2) is 4.98 Å². The standard InChI is InChI=1S/3C13H13N3O2/c17-10-1-2-12-11(7-10)9(8-15-12)3-5-14-13-4-6-18-16-13;17-10-1-2-12-11(7-10)9(8-15-12)3-5-14-13-4-6-16-18-13;17-10-1-2-12-11(7-10)9(8-16-12)3-4-14-13-15-5-6-18-13/h1-2,4,6-8,15,17H,3,5H2,(H,14,16);1-2,4,6-8,14-15,17H,3,5H2;1-2,5-8,16-17H,3-4H2,(H,14,15). The number of fused-ring (bicyclic) bond motifs is 3. The molecule has 0 aliphatic heterocycles. The van der Waals surface area contributed by atoms with E-state index < -0.39 is 0 Å². The zero-order chi connectivity index (χ0) is 37.1. The number of hydrogen-bond donors (Lipinski definition) is 9. The molecule has 0 atom stereocenters. The summed E-state index contributed by atoms with van der Waals surface area (Å²) in [4.78, 5) is 13.5. The van der Waals surface area contributed by atoms with Crippen molar-refractivity contribution in [3.63, 3.8) is 0 Å². The summed E-state index contributed by atoms with van der Waals surface area (Å²) in [7, 11) is 0. The molecule has 0 bridgehead atoms. The molecule has 0 saturated heterocycles. The van der Waals surface area contributed by atoms with E-state index in [0.717, 1.165) is 94.1 Å². The van der Waals surface area contributed by atoms with Crippen molar-refractivity contribution < 1.29 is 28.8 Å². The van der Waals surface area contributed by atoms with E-state index in [1.165, 1.54) is 12.5 Å². The average molecular weight is 730 g/mol. The Morgan fingerprint density at radius 2 is 1.11 bits per heavy atom. The first-order chi connectivity index (χ1) is 26.5. The highest BCUT2D eigenvalue weighted by atomic mass is 16.5. The van der Waals surface area contributed by atoms with Gasteiger partial charge in [0.2, 0.25) is 5.88 Å². The molecule has 6 heterocycles. The molecular formula is C39H39N9O6. The number of nitrogens with one attached hydrogen (secondary N) is 6. The summed E-state index contributed by atoms with van der Waals surface area (Å²) in [5.41, 5.74) is 6.57. The van der Waals surface area contributed by atoms with Crippen LogP contribution in [0.4, 0.5) is 17.7 Å². The fourth-order valence-electron chi connectivity index (χ4n) is 5.99. The molecule has 6 aromatic heterocycles. The van der Waals surface area contributed by atoms with Crippen LogP contribution in [0.2, 0.25) is 0 Å². The lowest BCUT2D eigenvalue weighted by Crippen LogP contribution is -2.04. The van der Waals surface area contributed by atoms with E-state index in [1.54, 1.807) is 60.9 Å². The summed E-state index contributed by atoms with van der Waals surface area (Å²) in [5, 5.41) is 48.4. The quantitative estimate of drug-likeness (QED) is 0.0595. The van der Waals surface area contributed by atoms with Crippen molar-refractivity contribution in [2.24, 2.45) is 0 Å². The first kappa shape index (κ1) is 35.1. The van der Waals surface area contributed by atoms with Gasteiger partial charge >= 0.3 is 0 Å². The number of oxazole rings is 1. The molecule has 0 unspecified atom stereocenters. The fraction of sp³-hybridized carbons (Fsp3) is 0.154. The summed E-state index contributed by atoms with van der Waals surface area (Å²) in [6, 6.07) is 20.0. The van der Waals surface area contributed by atoms with Gasteiger partial charge < -0.3 is 59.7 Å². The minimum atomic E-state index is 0.281. The number of anilines is 3. The number of hydrogen-bond acceptors (Lipinski definition) is 12. The lowest BCUT2D eigenvalue weighted by atomic mass is 10.1. The molecule has 9 rings (SSSR count). The second-order valence-electron chi connectivity index (χ2n) is 12.3. The molecule has 0 aliphatic carbocycles. The van der Waals surface area contributed by atoms with Gasteiger partial charge in [-0.3, -0.25) is 0 Å². The van der Waals surface area contributed by atoms with Crippen LogP contribution in [0.3, 0.4) is 0 Å². The van der Waals surface area contributed by atoms with Gasteiger partial charge in [0.15, 0.2) is 5.82 Å². The highest BCUT2D eigenvalue weighted by Gasteiger charge is 2.07. The highest BCUT2D eigenvalue weighted by Crippen LogP contribution is 2.25. The van der Waals surface area contributed by atoms with E-state index in [4.69, 9.17) is 13.5 Å². The molecule has 0 saturated carbocycles.